The fraction of sp³-hybridized carbons (Fsp3) is 0.214. The first-order chi connectivity index (χ1) is 9.16. The van der Waals surface area contributed by atoms with Gasteiger partial charge in [0.1, 0.15) is 5.82 Å². The van der Waals surface area contributed by atoms with Gasteiger partial charge in [-0.15, -0.1) is 5.10 Å². The van der Waals surface area contributed by atoms with Crippen molar-refractivity contribution in [1.82, 2.24) is 15.5 Å². The lowest BCUT2D eigenvalue weighted by Crippen LogP contribution is -2.27. The summed E-state index contributed by atoms with van der Waals surface area (Å²) in [6, 6.07) is 9.85. The molecule has 0 aliphatic heterocycles. The molecule has 1 aromatic carbocycles. The molecule has 0 unspecified atom stereocenters. The predicted octanol–water partition coefficient (Wildman–Crippen LogP) is 1.90. The van der Waals surface area contributed by atoms with Crippen LogP contribution in [0.25, 0.3) is 0 Å². The largest absolute Gasteiger partial charge is 0.350 e. The van der Waals surface area contributed by atoms with E-state index in [9.17, 15) is 9.18 Å². The number of halogens is 1. The zero-order valence-electron chi connectivity index (χ0n) is 10.6. The van der Waals surface area contributed by atoms with Crippen LogP contribution in [0.4, 0.5) is 4.39 Å². The first-order valence-electron chi connectivity index (χ1n) is 5.99. The van der Waals surface area contributed by atoms with Gasteiger partial charge in [0.15, 0.2) is 5.69 Å². The van der Waals surface area contributed by atoms with Gasteiger partial charge >= 0.3 is 0 Å². The molecule has 0 atom stereocenters. The molecule has 0 radical (unpaired) electrons. The number of benzene rings is 1. The SMILES string of the molecule is Cc1ccc(C(=O)NCCc2ccccc2F)nn1. The Balaban J connectivity index is 1.88. The van der Waals surface area contributed by atoms with Crippen LogP contribution >= 0.6 is 0 Å². The fourth-order valence-electron chi connectivity index (χ4n) is 1.62. The average Bonchev–Trinajstić information content (AvgIpc) is 2.41. The van der Waals surface area contributed by atoms with Gasteiger partial charge < -0.3 is 5.32 Å². The van der Waals surface area contributed by atoms with Gasteiger partial charge in [0.05, 0.1) is 5.69 Å². The monoisotopic (exact) mass is 259 g/mol. The maximum atomic E-state index is 13.3. The highest BCUT2D eigenvalue weighted by molar-refractivity contribution is 5.91. The first kappa shape index (κ1) is 13.1. The zero-order chi connectivity index (χ0) is 13.7. The van der Waals surface area contributed by atoms with Crippen molar-refractivity contribution in [3.8, 4) is 0 Å². The number of aromatic nitrogens is 2. The van der Waals surface area contributed by atoms with Crippen molar-refractivity contribution in [2.24, 2.45) is 0 Å². The smallest absolute Gasteiger partial charge is 0.271 e. The molecule has 0 saturated carbocycles. The van der Waals surface area contributed by atoms with Crippen molar-refractivity contribution >= 4 is 5.91 Å². The van der Waals surface area contributed by atoms with Gasteiger partial charge in [0.25, 0.3) is 5.91 Å². The molecule has 1 heterocycles. The van der Waals surface area contributed by atoms with Crippen LogP contribution < -0.4 is 5.32 Å². The number of amides is 1. The minimum atomic E-state index is -0.302. The molecular formula is C14H14FN3O. The van der Waals surface area contributed by atoms with Crippen LogP contribution in [0.1, 0.15) is 21.7 Å². The first-order valence-corrected chi connectivity index (χ1v) is 5.99. The number of rotatable bonds is 4. The summed E-state index contributed by atoms with van der Waals surface area (Å²) in [5, 5.41) is 10.3. The Morgan fingerprint density at radius 2 is 2.00 bits per heavy atom. The molecule has 1 N–H and O–H groups in total. The number of carbonyl (C=O) groups excluding carboxylic acids is 1. The second kappa shape index (κ2) is 6.04. The summed E-state index contributed by atoms with van der Waals surface area (Å²) in [6.45, 7) is 2.15. The molecule has 1 aromatic heterocycles. The summed E-state index contributed by atoms with van der Waals surface area (Å²) in [5.74, 6) is -0.560. The predicted molar refractivity (Wildman–Crippen MR) is 69.2 cm³/mol. The molecule has 2 rings (SSSR count). The van der Waals surface area contributed by atoms with Crippen LogP contribution in [-0.4, -0.2) is 22.6 Å². The van der Waals surface area contributed by atoms with E-state index in [1.165, 1.54) is 6.07 Å². The summed E-state index contributed by atoms with van der Waals surface area (Å²) < 4.78 is 13.3. The molecule has 0 fully saturated rings. The molecule has 4 nitrogen and oxygen atoms in total. The van der Waals surface area contributed by atoms with Gasteiger partial charge in [0.2, 0.25) is 0 Å². The molecule has 0 saturated heterocycles. The number of hydrogen-bond acceptors (Lipinski definition) is 3. The second-order valence-corrected chi connectivity index (χ2v) is 4.16. The van der Waals surface area contributed by atoms with Crippen molar-refractivity contribution in [2.75, 3.05) is 6.54 Å². The van der Waals surface area contributed by atoms with Crippen molar-refractivity contribution in [3.63, 3.8) is 0 Å². The van der Waals surface area contributed by atoms with Crippen LogP contribution in [0.15, 0.2) is 36.4 Å². The topological polar surface area (TPSA) is 54.9 Å². The highest BCUT2D eigenvalue weighted by Crippen LogP contribution is 2.06. The van der Waals surface area contributed by atoms with Crippen molar-refractivity contribution in [2.45, 2.75) is 13.3 Å². The quantitative estimate of drug-likeness (QED) is 0.912. The van der Waals surface area contributed by atoms with Gasteiger partial charge in [-0.2, -0.15) is 5.10 Å². The van der Waals surface area contributed by atoms with E-state index in [1.54, 1.807) is 37.3 Å². The van der Waals surface area contributed by atoms with E-state index in [0.717, 1.165) is 5.69 Å². The van der Waals surface area contributed by atoms with E-state index >= 15 is 0 Å². The minimum absolute atomic E-state index is 0.258. The number of aryl methyl sites for hydroxylation is 1. The van der Waals surface area contributed by atoms with Crippen LogP contribution in [0.2, 0.25) is 0 Å². The fourth-order valence-corrected chi connectivity index (χ4v) is 1.62. The molecule has 1 amide bonds. The number of carbonyl (C=O) groups is 1. The molecular weight excluding hydrogens is 245 g/mol. The Hall–Kier alpha value is -2.30. The highest BCUT2D eigenvalue weighted by atomic mass is 19.1. The van der Waals surface area contributed by atoms with Gasteiger partial charge in [-0.1, -0.05) is 18.2 Å². The Morgan fingerprint density at radius 1 is 1.21 bits per heavy atom. The molecule has 0 aliphatic carbocycles. The molecule has 19 heavy (non-hydrogen) atoms. The molecule has 0 bridgehead atoms. The van der Waals surface area contributed by atoms with Crippen LogP contribution in [0, 0.1) is 12.7 Å². The van der Waals surface area contributed by atoms with Gasteiger partial charge in [-0.25, -0.2) is 4.39 Å². The van der Waals surface area contributed by atoms with E-state index in [4.69, 9.17) is 0 Å². The highest BCUT2D eigenvalue weighted by Gasteiger charge is 2.07. The second-order valence-electron chi connectivity index (χ2n) is 4.16. The summed E-state index contributed by atoms with van der Waals surface area (Å²) in [4.78, 5) is 11.7. The standard InChI is InChI=1S/C14H14FN3O/c1-10-6-7-13(18-17-10)14(19)16-9-8-11-4-2-3-5-12(11)15/h2-7H,8-9H2,1H3,(H,16,19). The lowest BCUT2D eigenvalue weighted by molar-refractivity contribution is 0.0948. The molecule has 5 heteroatoms. The average molecular weight is 259 g/mol. The summed E-state index contributed by atoms with van der Waals surface area (Å²) in [6.07, 6.45) is 0.442. The third-order valence-corrected chi connectivity index (χ3v) is 2.67. The Kier molecular flexibility index (Phi) is 4.18. The number of nitrogens with zero attached hydrogens (tertiary/aromatic N) is 2. The lowest BCUT2D eigenvalue weighted by Gasteiger charge is -2.05. The Labute approximate surface area is 110 Å². The van der Waals surface area contributed by atoms with Crippen LogP contribution in [-0.2, 0) is 6.42 Å². The Bertz CT molecular complexity index is 569. The third kappa shape index (κ3) is 3.58. The van der Waals surface area contributed by atoms with Crippen LogP contribution in [0.5, 0.6) is 0 Å². The van der Waals surface area contributed by atoms with Gasteiger partial charge in [0, 0.05) is 6.54 Å². The third-order valence-electron chi connectivity index (χ3n) is 2.67. The molecule has 98 valence electrons. The lowest BCUT2D eigenvalue weighted by atomic mass is 10.1. The molecule has 0 aliphatic rings. The molecule has 0 spiro atoms. The van der Waals surface area contributed by atoms with Crippen molar-refractivity contribution in [1.29, 1.82) is 0 Å². The van der Waals surface area contributed by atoms with Crippen molar-refractivity contribution in [3.05, 3.63) is 59.2 Å². The molecule has 2 aromatic rings. The van der Waals surface area contributed by atoms with Gasteiger partial charge in [-0.05, 0) is 37.1 Å². The van der Waals surface area contributed by atoms with Crippen molar-refractivity contribution < 1.29 is 9.18 Å². The number of nitrogens with one attached hydrogen (secondary N) is 1. The number of hydrogen-bond donors (Lipinski definition) is 1. The normalized spacial score (nSPS) is 10.2. The Morgan fingerprint density at radius 3 is 2.68 bits per heavy atom. The summed E-state index contributed by atoms with van der Waals surface area (Å²) in [5.41, 5.74) is 1.60. The maximum absolute atomic E-state index is 13.3. The van der Waals surface area contributed by atoms with Crippen LogP contribution in [0.3, 0.4) is 0 Å². The minimum Gasteiger partial charge on any atom is -0.350 e. The summed E-state index contributed by atoms with van der Waals surface area (Å²) >= 11 is 0. The van der Waals surface area contributed by atoms with Gasteiger partial charge in [-0.3, -0.25) is 4.79 Å². The summed E-state index contributed by atoms with van der Waals surface area (Å²) in [7, 11) is 0. The van der Waals surface area contributed by atoms with E-state index < -0.39 is 0 Å². The van der Waals surface area contributed by atoms with E-state index in [0.29, 0.717) is 18.5 Å². The van der Waals surface area contributed by atoms with E-state index in [1.807, 2.05) is 0 Å². The van der Waals surface area contributed by atoms with E-state index in [-0.39, 0.29) is 17.4 Å². The maximum Gasteiger partial charge on any atom is 0.271 e. The van der Waals surface area contributed by atoms with E-state index in [2.05, 4.69) is 15.5 Å². The zero-order valence-corrected chi connectivity index (χ0v) is 10.6.